The SMILES string of the molecule is CCN1CCC(CN2C(=O)C(C)NC(=O)C2C)CC1. The van der Waals surface area contributed by atoms with Crippen LogP contribution in [0, 0.1) is 5.92 Å². The van der Waals surface area contributed by atoms with Crippen molar-refractivity contribution in [2.24, 2.45) is 5.92 Å². The number of hydrogen-bond donors (Lipinski definition) is 1. The summed E-state index contributed by atoms with van der Waals surface area (Å²) in [7, 11) is 0. The average molecular weight is 267 g/mol. The highest BCUT2D eigenvalue weighted by Crippen LogP contribution is 2.21. The lowest BCUT2D eigenvalue weighted by molar-refractivity contribution is -0.149. The Bertz CT molecular complexity index is 351. The molecule has 2 atom stereocenters. The number of hydrogen-bond acceptors (Lipinski definition) is 3. The quantitative estimate of drug-likeness (QED) is 0.808. The molecule has 2 aliphatic heterocycles. The largest absolute Gasteiger partial charge is 0.343 e. The van der Waals surface area contributed by atoms with E-state index in [1.807, 2.05) is 6.92 Å². The first-order valence-corrected chi connectivity index (χ1v) is 7.36. The van der Waals surface area contributed by atoms with Crippen LogP contribution in [0.25, 0.3) is 0 Å². The van der Waals surface area contributed by atoms with Gasteiger partial charge in [0, 0.05) is 6.54 Å². The van der Waals surface area contributed by atoms with Crippen molar-refractivity contribution >= 4 is 11.8 Å². The number of carbonyl (C=O) groups is 2. The topological polar surface area (TPSA) is 52.6 Å². The molecule has 2 heterocycles. The second kappa shape index (κ2) is 5.90. The normalized spacial score (nSPS) is 30.6. The molecule has 0 spiro atoms. The van der Waals surface area contributed by atoms with Crippen LogP contribution >= 0.6 is 0 Å². The number of likely N-dealkylation sites (tertiary alicyclic amines) is 1. The molecule has 2 saturated heterocycles. The number of nitrogens with zero attached hydrogens (tertiary/aromatic N) is 2. The van der Waals surface area contributed by atoms with Gasteiger partial charge in [0.05, 0.1) is 0 Å². The third-order valence-electron chi connectivity index (χ3n) is 4.47. The van der Waals surface area contributed by atoms with E-state index in [9.17, 15) is 9.59 Å². The Morgan fingerprint density at radius 3 is 2.42 bits per heavy atom. The molecule has 0 aromatic carbocycles. The maximum atomic E-state index is 12.2. The van der Waals surface area contributed by atoms with Crippen molar-refractivity contribution in [1.29, 1.82) is 0 Å². The summed E-state index contributed by atoms with van der Waals surface area (Å²) in [5.74, 6) is 0.565. The van der Waals surface area contributed by atoms with Crippen molar-refractivity contribution in [1.82, 2.24) is 15.1 Å². The molecular weight excluding hydrogens is 242 g/mol. The molecule has 5 heteroatoms. The van der Waals surface area contributed by atoms with E-state index in [0.717, 1.165) is 39.0 Å². The number of carbonyl (C=O) groups excluding carboxylic acids is 2. The summed E-state index contributed by atoms with van der Waals surface area (Å²) < 4.78 is 0. The molecular formula is C14H25N3O2. The molecule has 5 nitrogen and oxygen atoms in total. The van der Waals surface area contributed by atoms with Crippen molar-refractivity contribution < 1.29 is 9.59 Å². The van der Waals surface area contributed by atoms with Crippen LogP contribution in [-0.4, -0.2) is 59.9 Å². The van der Waals surface area contributed by atoms with Gasteiger partial charge in [0.25, 0.3) is 0 Å². The summed E-state index contributed by atoms with van der Waals surface area (Å²) in [6, 6.07) is -0.702. The standard InChI is InChI=1S/C14H25N3O2/c1-4-16-7-5-12(6-8-16)9-17-11(3)13(18)15-10(2)14(17)19/h10-12H,4-9H2,1-3H3,(H,15,18). The van der Waals surface area contributed by atoms with Crippen LogP contribution in [0.3, 0.4) is 0 Å². The van der Waals surface area contributed by atoms with Crippen LogP contribution in [0.2, 0.25) is 0 Å². The molecule has 2 unspecified atom stereocenters. The van der Waals surface area contributed by atoms with Crippen molar-refractivity contribution in [2.45, 2.75) is 45.7 Å². The summed E-state index contributed by atoms with van der Waals surface area (Å²) in [5, 5.41) is 2.72. The maximum Gasteiger partial charge on any atom is 0.245 e. The van der Waals surface area contributed by atoms with Gasteiger partial charge in [0.2, 0.25) is 11.8 Å². The molecule has 2 aliphatic rings. The van der Waals surface area contributed by atoms with Gasteiger partial charge >= 0.3 is 0 Å². The molecule has 0 radical (unpaired) electrons. The fourth-order valence-corrected chi connectivity index (χ4v) is 2.99. The smallest absolute Gasteiger partial charge is 0.245 e. The van der Waals surface area contributed by atoms with Crippen LogP contribution in [0.15, 0.2) is 0 Å². The number of piperazine rings is 1. The van der Waals surface area contributed by atoms with Crippen LogP contribution in [-0.2, 0) is 9.59 Å². The predicted molar refractivity (Wildman–Crippen MR) is 73.6 cm³/mol. The first kappa shape index (κ1) is 14.3. The van der Waals surface area contributed by atoms with Crippen molar-refractivity contribution in [2.75, 3.05) is 26.2 Å². The van der Waals surface area contributed by atoms with Crippen LogP contribution in [0.5, 0.6) is 0 Å². The fourth-order valence-electron chi connectivity index (χ4n) is 2.99. The molecule has 1 N–H and O–H groups in total. The van der Waals surface area contributed by atoms with Gasteiger partial charge < -0.3 is 15.1 Å². The highest BCUT2D eigenvalue weighted by molar-refractivity contribution is 5.96. The van der Waals surface area contributed by atoms with E-state index < -0.39 is 0 Å². The summed E-state index contributed by atoms with van der Waals surface area (Å²) in [6.45, 7) is 9.82. The van der Waals surface area contributed by atoms with Gasteiger partial charge in [-0.05, 0) is 52.2 Å². The maximum absolute atomic E-state index is 12.2. The molecule has 0 aliphatic carbocycles. The lowest BCUT2D eigenvalue weighted by Gasteiger charge is -2.40. The minimum Gasteiger partial charge on any atom is -0.343 e. The van der Waals surface area contributed by atoms with Crippen molar-refractivity contribution in [3.63, 3.8) is 0 Å². The molecule has 0 bridgehead atoms. The molecule has 0 aromatic heterocycles. The van der Waals surface area contributed by atoms with Crippen LogP contribution in [0.1, 0.15) is 33.6 Å². The Kier molecular flexibility index (Phi) is 4.45. The van der Waals surface area contributed by atoms with E-state index in [-0.39, 0.29) is 23.9 Å². The Hall–Kier alpha value is -1.10. The van der Waals surface area contributed by atoms with E-state index in [2.05, 4.69) is 17.1 Å². The Labute approximate surface area is 115 Å². The first-order chi connectivity index (χ1) is 9.02. The second-order valence-electron chi connectivity index (χ2n) is 5.77. The zero-order chi connectivity index (χ0) is 14.0. The Balaban J connectivity index is 1.93. The van der Waals surface area contributed by atoms with Gasteiger partial charge in [-0.2, -0.15) is 0 Å². The molecule has 108 valence electrons. The summed E-state index contributed by atoms with van der Waals surface area (Å²) in [5.41, 5.74) is 0. The minimum atomic E-state index is -0.376. The van der Waals surface area contributed by atoms with Gasteiger partial charge in [-0.3, -0.25) is 9.59 Å². The number of rotatable bonds is 3. The Morgan fingerprint density at radius 1 is 1.21 bits per heavy atom. The number of amides is 2. The van der Waals surface area contributed by atoms with Crippen molar-refractivity contribution in [3.05, 3.63) is 0 Å². The molecule has 2 fully saturated rings. The summed E-state index contributed by atoms with van der Waals surface area (Å²) >= 11 is 0. The third kappa shape index (κ3) is 3.08. The molecule has 0 saturated carbocycles. The van der Waals surface area contributed by atoms with E-state index in [1.54, 1.807) is 11.8 Å². The van der Waals surface area contributed by atoms with Crippen LogP contribution < -0.4 is 5.32 Å². The monoisotopic (exact) mass is 267 g/mol. The Morgan fingerprint density at radius 2 is 1.84 bits per heavy atom. The summed E-state index contributed by atoms with van der Waals surface area (Å²) in [6.07, 6.45) is 2.25. The minimum absolute atomic E-state index is 0.0295. The van der Waals surface area contributed by atoms with Gasteiger partial charge in [-0.15, -0.1) is 0 Å². The van der Waals surface area contributed by atoms with E-state index in [4.69, 9.17) is 0 Å². The van der Waals surface area contributed by atoms with Gasteiger partial charge in [0.1, 0.15) is 12.1 Å². The predicted octanol–water partition coefficient (Wildman–Crippen LogP) is 0.454. The highest BCUT2D eigenvalue weighted by Gasteiger charge is 2.37. The van der Waals surface area contributed by atoms with Crippen LogP contribution in [0.4, 0.5) is 0 Å². The second-order valence-corrected chi connectivity index (χ2v) is 5.77. The average Bonchev–Trinajstić information content (AvgIpc) is 2.42. The van der Waals surface area contributed by atoms with Gasteiger partial charge in [-0.1, -0.05) is 6.92 Å². The number of piperidine rings is 1. The highest BCUT2D eigenvalue weighted by atomic mass is 16.2. The van der Waals surface area contributed by atoms with Crippen molar-refractivity contribution in [3.8, 4) is 0 Å². The third-order valence-corrected chi connectivity index (χ3v) is 4.47. The van der Waals surface area contributed by atoms with E-state index >= 15 is 0 Å². The zero-order valence-electron chi connectivity index (χ0n) is 12.2. The summed E-state index contributed by atoms with van der Waals surface area (Å²) in [4.78, 5) is 28.2. The fraction of sp³-hybridized carbons (Fsp3) is 0.857. The van der Waals surface area contributed by atoms with Gasteiger partial charge in [0.15, 0.2) is 0 Å². The van der Waals surface area contributed by atoms with E-state index in [1.165, 1.54) is 0 Å². The zero-order valence-corrected chi connectivity index (χ0v) is 12.2. The molecule has 0 aromatic rings. The van der Waals surface area contributed by atoms with E-state index in [0.29, 0.717) is 5.92 Å². The molecule has 2 rings (SSSR count). The van der Waals surface area contributed by atoms with Gasteiger partial charge in [-0.25, -0.2) is 0 Å². The lowest BCUT2D eigenvalue weighted by Crippen LogP contribution is -2.62. The lowest BCUT2D eigenvalue weighted by atomic mass is 9.94. The molecule has 19 heavy (non-hydrogen) atoms. The number of nitrogens with one attached hydrogen (secondary N) is 1. The first-order valence-electron chi connectivity index (χ1n) is 7.36. The molecule has 2 amide bonds.